The maximum absolute atomic E-state index is 12.8. The topological polar surface area (TPSA) is 64.6 Å². The van der Waals surface area contributed by atoms with Crippen LogP contribution in [0.25, 0.3) is 11.0 Å². The highest BCUT2D eigenvalue weighted by Crippen LogP contribution is 2.27. The van der Waals surface area contributed by atoms with Gasteiger partial charge in [-0.3, -0.25) is 9.97 Å². The van der Waals surface area contributed by atoms with E-state index in [0.717, 1.165) is 35.3 Å². The molecule has 0 fully saturated rings. The van der Waals surface area contributed by atoms with Crippen molar-refractivity contribution in [3.05, 3.63) is 47.8 Å². The van der Waals surface area contributed by atoms with Crippen LogP contribution in [0.5, 0.6) is 0 Å². The Morgan fingerprint density at radius 3 is 2.79 bits per heavy atom. The van der Waals surface area contributed by atoms with Gasteiger partial charge in [-0.05, 0) is 35.9 Å². The number of benzene rings is 1. The second kappa shape index (κ2) is 8.05. The van der Waals surface area contributed by atoms with Crippen LogP contribution in [0.2, 0.25) is 0 Å². The van der Waals surface area contributed by atoms with Crippen molar-refractivity contribution in [1.82, 2.24) is 15.0 Å². The molecule has 0 saturated heterocycles. The quantitative estimate of drug-likeness (QED) is 0.504. The van der Waals surface area contributed by atoms with Gasteiger partial charge in [0.15, 0.2) is 5.75 Å². The maximum Gasteiger partial charge on any atom is 0.322 e. The Labute approximate surface area is 149 Å². The number of aromatic nitrogens is 3. The van der Waals surface area contributed by atoms with Crippen LogP contribution in [-0.4, -0.2) is 25.3 Å². The molecular formula is C18H21N3OS2. The fourth-order valence-electron chi connectivity index (χ4n) is 2.68. The van der Waals surface area contributed by atoms with Gasteiger partial charge in [0.2, 0.25) is 0 Å². The number of pyridine rings is 1. The van der Waals surface area contributed by atoms with Crippen LogP contribution in [0.4, 0.5) is 0 Å². The number of imidazole rings is 1. The summed E-state index contributed by atoms with van der Waals surface area (Å²) in [5, 5.41) is 0.522. The number of hydrogen-bond donors (Lipinski definition) is 1. The number of rotatable bonds is 7. The molecule has 0 radical (unpaired) electrons. The Kier molecular flexibility index (Phi) is 5.81. The summed E-state index contributed by atoms with van der Waals surface area (Å²) in [6, 6.07) is 9.81. The van der Waals surface area contributed by atoms with Gasteiger partial charge in [-0.2, -0.15) is 4.98 Å². The van der Waals surface area contributed by atoms with E-state index in [1.165, 1.54) is 10.5 Å². The first-order valence-electron chi connectivity index (χ1n) is 8.15. The molecule has 0 bridgehead atoms. The molecule has 0 saturated carbocycles. The standard InChI is InChI=1S/C18H21N3OS2/c1-3-7-13-16(19-11-10-17(13)23-4-2)12-24(22)18-20-14-8-5-6-9-15(14)21-18/h5-6,8-11H,3-4,7,12H2,1-2H3,(H,20,21). The third kappa shape index (κ3) is 3.77. The Morgan fingerprint density at radius 2 is 2.04 bits per heavy atom. The number of H-pyrrole nitrogens is 1. The van der Waals surface area contributed by atoms with Gasteiger partial charge in [-0.1, -0.05) is 32.4 Å². The Hall–Kier alpha value is -1.50. The van der Waals surface area contributed by atoms with E-state index in [1.54, 1.807) is 0 Å². The zero-order valence-electron chi connectivity index (χ0n) is 13.9. The van der Waals surface area contributed by atoms with E-state index in [4.69, 9.17) is 0 Å². The monoisotopic (exact) mass is 359 g/mol. The molecule has 2 heterocycles. The van der Waals surface area contributed by atoms with Crippen molar-refractivity contribution in [2.24, 2.45) is 0 Å². The minimum Gasteiger partial charge on any atom is -0.609 e. The van der Waals surface area contributed by atoms with Crippen molar-refractivity contribution in [2.45, 2.75) is 42.5 Å². The van der Waals surface area contributed by atoms with Gasteiger partial charge in [0.05, 0.1) is 16.7 Å². The van der Waals surface area contributed by atoms with E-state index in [1.807, 2.05) is 42.2 Å². The smallest absolute Gasteiger partial charge is 0.322 e. The normalized spacial score (nSPS) is 12.6. The average Bonchev–Trinajstić information content (AvgIpc) is 3.02. The van der Waals surface area contributed by atoms with Crippen LogP contribution in [0, 0.1) is 0 Å². The van der Waals surface area contributed by atoms with E-state index in [0.29, 0.717) is 10.9 Å². The lowest BCUT2D eigenvalue weighted by Gasteiger charge is -2.13. The van der Waals surface area contributed by atoms with Gasteiger partial charge in [-0.15, -0.1) is 11.8 Å². The number of nitrogens with one attached hydrogen (secondary N) is 1. The highest BCUT2D eigenvalue weighted by Gasteiger charge is 2.21. The van der Waals surface area contributed by atoms with Gasteiger partial charge in [-0.25, -0.2) is 0 Å². The van der Waals surface area contributed by atoms with Crippen molar-refractivity contribution < 1.29 is 4.55 Å². The van der Waals surface area contributed by atoms with E-state index in [9.17, 15) is 4.55 Å². The fourth-order valence-corrected chi connectivity index (χ4v) is 4.60. The Bertz CT molecular complexity index is 786. The summed E-state index contributed by atoms with van der Waals surface area (Å²) < 4.78 is 12.8. The minimum atomic E-state index is -1.23. The summed E-state index contributed by atoms with van der Waals surface area (Å²) in [6.45, 7) is 4.31. The highest BCUT2D eigenvalue weighted by atomic mass is 32.2. The first-order chi connectivity index (χ1) is 11.7. The summed E-state index contributed by atoms with van der Waals surface area (Å²) in [7, 11) is 0. The molecule has 0 amide bonds. The number of nitrogens with zero attached hydrogens (tertiary/aromatic N) is 2. The van der Waals surface area contributed by atoms with Gasteiger partial charge in [0.25, 0.3) is 0 Å². The average molecular weight is 360 g/mol. The molecular weight excluding hydrogens is 338 g/mol. The minimum absolute atomic E-state index is 0.396. The largest absolute Gasteiger partial charge is 0.609 e. The van der Waals surface area contributed by atoms with Gasteiger partial charge in [0.1, 0.15) is 0 Å². The molecule has 3 aromatic rings. The molecule has 1 N–H and O–H groups in total. The van der Waals surface area contributed by atoms with Crippen LogP contribution < -0.4 is 0 Å². The molecule has 3 rings (SSSR count). The van der Waals surface area contributed by atoms with Crippen molar-refractivity contribution >= 4 is 34.0 Å². The second-order valence-corrected chi connectivity index (χ2v) is 8.14. The molecule has 6 heteroatoms. The van der Waals surface area contributed by atoms with E-state index >= 15 is 0 Å². The lowest BCUT2D eigenvalue weighted by molar-refractivity contribution is 0.586. The lowest BCUT2D eigenvalue weighted by Crippen LogP contribution is -2.11. The molecule has 2 aromatic heterocycles. The first kappa shape index (κ1) is 17.3. The van der Waals surface area contributed by atoms with E-state index in [2.05, 4.69) is 34.9 Å². The number of fused-ring (bicyclic) bond motifs is 1. The van der Waals surface area contributed by atoms with Crippen LogP contribution >= 0.6 is 11.8 Å². The maximum atomic E-state index is 12.8. The van der Waals surface area contributed by atoms with Crippen LogP contribution in [0.3, 0.4) is 0 Å². The summed E-state index contributed by atoms with van der Waals surface area (Å²) in [5.41, 5.74) is 3.92. The number of hydrogen-bond acceptors (Lipinski definition) is 4. The predicted octanol–water partition coefficient (Wildman–Crippen LogP) is 4.33. The number of thioether (sulfide) groups is 1. The van der Waals surface area contributed by atoms with Crippen molar-refractivity contribution in [3.8, 4) is 0 Å². The van der Waals surface area contributed by atoms with E-state index < -0.39 is 11.2 Å². The van der Waals surface area contributed by atoms with Gasteiger partial charge >= 0.3 is 5.16 Å². The van der Waals surface area contributed by atoms with Crippen LogP contribution in [0.15, 0.2) is 46.6 Å². The second-order valence-electron chi connectivity index (χ2n) is 5.47. The highest BCUT2D eigenvalue weighted by molar-refractivity contribution is 7.99. The molecule has 0 aliphatic heterocycles. The summed E-state index contributed by atoms with van der Waals surface area (Å²) in [6.07, 6.45) is 3.83. The first-order valence-corrected chi connectivity index (χ1v) is 10.5. The van der Waals surface area contributed by atoms with Crippen molar-refractivity contribution in [3.63, 3.8) is 0 Å². The fraction of sp³-hybridized carbons (Fsp3) is 0.333. The van der Waals surface area contributed by atoms with Gasteiger partial charge < -0.3 is 4.55 Å². The molecule has 4 nitrogen and oxygen atoms in total. The third-order valence-corrected chi connectivity index (χ3v) is 5.90. The summed E-state index contributed by atoms with van der Waals surface area (Å²) >= 11 is 0.589. The summed E-state index contributed by atoms with van der Waals surface area (Å²) in [4.78, 5) is 13.4. The van der Waals surface area contributed by atoms with Gasteiger partial charge in [0, 0.05) is 22.3 Å². The molecule has 24 heavy (non-hydrogen) atoms. The Morgan fingerprint density at radius 1 is 1.21 bits per heavy atom. The number of para-hydroxylation sites is 2. The van der Waals surface area contributed by atoms with Crippen molar-refractivity contribution in [1.29, 1.82) is 0 Å². The molecule has 126 valence electrons. The third-order valence-electron chi connectivity index (χ3n) is 3.75. The molecule has 1 unspecified atom stereocenters. The molecule has 0 aliphatic carbocycles. The number of aromatic amines is 1. The van der Waals surface area contributed by atoms with Crippen LogP contribution in [0.1, 0.15) is 31.5 Å². The molecule has 1 atom stereocenters. The summed E-state index contributed by atoms with van der Waals surface area (Å²) in [5.74, 6) is 1.42. The molecule has 1 aromatic carbocycles. The van der Waals surface area contributed by atoms with Crippen LogP contribution in [-0.2, 0) is 23.3 Å². The predicted molar refractivity (Wildman–Crippen MR) is 101 cm³/mol. The van der Waals surface area contributed by atoms with E-state index in [-0.39, 0.29) is 0 Å². The Balaban J connectivity index is 1.87. The zero-order valence-corrected chi connectivity index (χ0v) is 15.5. The SMILES string of the molecule is CCCc1c(SCC)ccnc1C[S+]([O-])c1nc2ccccc2[nH]1. The van der Waals surface area contributed by atoms with Crippen molar-refractivity contribution in [2.75, 3.05) is 5.75 Å². The molecule has 0 aliphatic rings. The molecule has 0 spiro atoms. The zero-order chi connectivity index (χ0) is 16.9. The lowest BCUT2D eigenvalue weighted by atomic mass is 10.1.